The van der Waals surface area contributed by atoms with Crippen LogP contribution in [0.4, 0.5) is 0 Å². The summed E-state index contributed by atoms with van der Waals surface area (Å²) in [4.78, 5) is 24.3. The van der Waals surface area contributed by atoms with Gasteiger partial charge in [0.25, 0.3) is 11.5 Å². The van der Waals surface area contributed by atoms with Gasteiger partial charge in [-0.1, -0.05) is 19.1 Å². The Balaban J connectivity index is 2.52. The van der Waals surface area contributed by atoms with Gasteiger partial charge in [-0.25, -0.2) is 0 Å². The predicted molar refractivity (Wildman–Crippen MR) is 85.3 cm³/mol. The maximum atomic E-state index is 12.2. The molecule has 0 saturated heterocycles. The van der Waals surface area contributed by atoms with Crippen LogP contribution < -0.4 is 15.6 Å². The summed E-state index contributed by atoms with van der Waals surface area (Å²) in [6.45, 7) is 3.76. The van der Waals surface area contributed by atoms with E-state index in [9.17, 15) is 14.7 Å². The van der Waals surface area contributed by atoms with Gasteiger partial charge in [-0.05, 0) is 25.5 Å². The van der Waals surface area contributed by atoms with Crippen LogP contribution in [0.1, 0.15) is 30.8 Å². The van der Waals surface area contributed by atoms with Crippen LogP contribution in [0.3, 0.4) is 0 Å². The van der Waals surface area contributed by atoms with Crippen molar-refractivity contribution in [1.29, 1.82) is 0 Å². The Hall–Kier alpha value is -2.83. The van der Waals surface area contributed by atoms with Crippen molar-refractivity contribution < 1.29 is 14.6 Å². The van der Waals surface area contributed by atoms with Crippen LogP contribution in [0.5, 0.6) is 11.5 Å². The normalized spacial score (nSPS) is 11.8. The summed E-state index contributed by atoms with van der Waals surface area (Å²) in [5.41, 5.74) is -0.388. The molecule has 0 bridgehead atoms. The van der Waals surface area contributed by atoms with Crippen molar-refractivity contribution in [2.24, 2.45) is 0 Å². The third kappa shape index (κ3) is 3.50. The number of carbonyl (C=O) groups excluding carboxylic acids is 1. The molecule has 7 nitrogen and oxygen atoms in total. The molecule has 1 aromatic carbocycles. The lowest BCUT2D eigenvalue weighted by Crippen LogP contribution is -2.34. The number of ether oxygens (including phenoxy) is 1. The Morgan fingerprint density at radius 1 is 1.43 bits per heavy atom. The zero-order chi connectivity index (χ0) is 17.0. The quantitative estimate of drug-likeness (QED) is 0.871. The van der Waals surface area contributed by atoms with Crippen LogP contribution in [0.25, 0.3) is 5.69 Å². The van der Waals surface area contributed by atoms with E-state index in [1.807, 2.05) is 13.8 Å². The molecule has 7 heteroatoms. The minimum absolute atomic E-state index is 0.0738. The first-order chi connectivity index (χ1) is 11.0. The molecule has 0 aliphatic carbocycles. The SMILES string of the molecule is CCC(C)NC(=O)c1nn(-c2ccccc2OC)c(=O)cc1O. The first-order valence-corrected chi connectivity index (χ1v) is 7.25. The minimum atomic E-state index is -0.563. The van der Waals surface area contributed by atoms with Crippen molar-refractivity contribution in [3.8, 4) is 17.2 Å². The van der Waals surface area contributed by atoms with E-state index in [1.165, 1.54) is 7.11 Å². The second-order valence-electron chi connectivity index (χ2n) is 5.08. The van der Waals surface area contributed by atoms with E-state index in [2.05, 4.69) is 10.4 Å². The van der Waals surface area contributed by atoms with Gasteiger partial charge in [-0.3, -0.25) is 9.59 Å². The van der Waals surface area contributed by atoms with Gasteiger partial charge in [-0.2, -0.15) is 9.78 Å². The van der Waals surface area contributed by atoms with E-state index in [0.29, 0.717) is 11.4 Å². The van der Waals surface area contributed by atoms with Crippen molar-refractivity contribution in [2.45, 2.75) is 26.3 Å². The van der Waals surface area contributed by atoms with E-state index in [-0.39, 0.29) is 11.7 Å². The maximum Gasteiger partial charge on any atom is 0.275 e. The van der Waals surface area contributed by atoms with E-state index in [1.54, 1.807) is 24.3 Å². The van der Waals surface area contributed by atoms with Crippen molar-refractivity contribution in [1.82, 2.24) is 15.1 Å². The number of hydrogen-bond donors (Lipinski definition) is 2. The molecule has 1 heterocycles. The Morgan fingerprint density at radius 2 is 2.13 bits per heavy atom. The number of aromatic nitrogens is 2. The van der Waals surface area contributed by atoms with Gasteiger partial charge >= 0.3 is 0 Å². The number of amides is 1. The molecular weight excluding hydrogens is 298 g/mol. The number of benzene rings is 1. The molecule has 1 atom stereocenters. The smallest absolute Gasteiger partial charge is 0.275 e. The molecule has 1 aromatic heterocycles. The lowest BCUT2D eigenvalue weighted by Gasteiger charge is -2.14. The molecule has 1 unspecified atom stereocenters. The van der Waals surface area contributed by atoms with E-state index >= 15 is 0 Å². The Labute approximate surface area is 133 Å². The van der Waals surface area contributed by atoms with Crippen LogP contribution in [-0.4, -0.2) is 33.9 Å². The molecule has 2 aromatic rings. The van der Waals surface area contributed by atoms with E-state index < -0.39 is 17.2 Å². The predicted octanol–water partition coefficient (Wildman–Crippen LogP) is 1.47. The molecular formula is C16H19N3O4. The summed E-state index contributed by atoms with van der Waals surface area (Å²) >= 11 is 0. The number of para-hydroxylation sites is 2. The average Bonchev–Trinajstić information content (AvgIpc) is 2.54. The summed E-state index contributed by atoms with van der Waals surface area (Å²) in [6, 6.07) is 7.68. The van der Waals surface area contributed by atoms with Gasteiger partial charge in [0.05, 0.1) is 7.11 Å². The van der Waals surface area contributed by atoms with Crippen molar-refractivity contribution in [3.63, 3.8) is 0 Å². The number of carbonyl (C=O) groups is 1. The average molecular weight is 317 g/mol. The second-order valence-corrected chi connectivity index (χ2v) is 5.08. The minimum Gasteiger partial charge on any atom is -0.505 e. The van der Waals surface area contributed by atoms with Gasteiger partial charge in [0.15, 0.2) is 11.4 Å². The molecule has 23 heavy (non-hydrogen) atoms. The van der Waals surface area contributed by atoms with E-state index in [4.69, 9.17) is 4.74 Å². The van der Waals surface area contributed by atoms with Crippen molar-refractivity contribution in [2.75, 3.05) is 7.11 Å². The van der Waals surface area contributed by atoms with Crippen LogP contribution >= 0.6 is 0 Å². The van der Waals surface area contributed by atoms with Gasteiger partial charge < -0.3 is 15.2 Å². The first kappa shape index (κ1) is 16.5. The van der Waals surface area contributed by atoms with Crippen LogP contribution in [0, 0.1) is 0 Å². The zero-order valence-corrected chi connectivity index (χ0v) is 13.2. The molecule has 2 rings (SSSR count). The molecule has 2 N–H and O–H groups in total. The van der Waals surface area contributed by atoms with Crippen molar-refractivity contribution in [3.05, 3.63) is 46.4 Å². The number of rotatable bonds is 5. The summed E-state index contributed by atoms with van der Waals surface area (Å²) in [5, 5.41) is 16.6. The molecule has 0 aliphatic heterocycles. The van der Waals surface area contributed by atoms with Gasteiger partial charge in [0.2, 0.25) is 0 Å². The highest BCUT2D eigenvalue weighted by Gasteiger charge is 2.19. The van der Waals surface area contributed by atoms with Gasteiger partial charge in [0.1, 0.15) is 11.4 Å². The molecule has 0 spiro atoms. The number of methoxy groups -OCH3 is 1. The Morgan fingerprint density at radius 3 is 2.78 bits per heavy atom. The second kappa shape index (κ2) is 6.95. The highest BCUT2D eigenvalue weighted by molar-refractivity contribution is 5.94. The number of hydrogen-bond acceptors (Lipinski definition) is 5. The van der Waals surface area contributed by atoms with Gasteiger partial charge in [0, 0.05) is 12.1 Å². The summed E-state index contributed by atoms with van der Waals surface area (Å²) in [6.07, 6.45) is 0.735. The largest absolute Gasteiger partial charge is 0.505 e. The highest BCUT2D eigenvalue weighted by atomic mass is 16.5. The monoisotopic (exact) mass is 317 g/mol. The highest BCUT2D eigenvalue weighted by Crippen LogP contribution is 2.21. The molecule has 0 aliphatic rings. The topological polar surface area (TPSA) is 93.5 Å². The molecule has 0 saturated carbocycles. The van der Waals surface area contributed by atoms with Crippen molar-refractivity contribution >= 4 is 5.91 Å². The number of nitrogens with zero attached hydrogens (tertiary/aromatic N) is 2. The molecule has 0 radical (unpaired) electrons. The fourth-order valence-corrected chi connectivity index (χ4v) is 1.98. The lowest BCUT2D eigenvalue weighted by molar-refractivity contribution is 0.0929. The number of nitrogens with one attached hydrogen (secondary N) is 1. The fraction of sp³-hybridized carbons (Fsp3) is 0.312. The standard InChI is InChI=1S/C16H19N3O4/c1-4-10(2)17-16(22)15-12(20)9-14(21)19(18-15)11-7-5-6-8-13(11)23-3/h5-10,20H,4H2,1-3H3,(H,17,22). The lowest BCUT2D eigenvalue weighted by atomic mass is 10.2. The third-order valence-corrected chi connectivity index (χ3v) is 3.43. The summed E-state index contributed by atoms with van der Waals surface area (Å²) in [7, 11) is 1.47. The summed E-state index contributed by atoms with van der Waals surface area (Å²) in [5.74, 6) is -0.566. The zero-order valence-electron chi connectivity index (χ0n) is 13.2. The van der Waals surface area contributed by atoms with Crippen LogP contribution in [-0.2, 0) is 0 Å². The molecule has 1 amide bonds. The molecule has 122 valence electrons. The number of aromatic hydroxyl groups is 1. The van der Waals surface area contributed by atoms with Gasteiger partial charge in [-0.15, -0.1) is 0 Å². The Bertz CT molecular complexity index is 770. The molecule has 0 fully saturated rings. The fourth-order valence-electron chi connectivity index (χ4n) is 1.98. The Kier molecular flexibility index (Phi) is 5.00. The van der Waals surface area contributed by atoms with Crippen LogP contribution in [0.2, 0.25) is 0 Å². The summed E-state index contributed by atoms with van der Waals surface area (Å²) < 4.78 is 6.24. The first-order valence-electron chi connectivity index (χ1n) is 7.25. The van der Waals surface area contributed by atoms with E-state index in [0.717, 1.165) is 17.2 Å². The van der Waals surface area contributed by atoms with Crippen LogP contribution in [0.15, 0.2) is 35.1 Å². The maximum absolute atomic E-state index is 12.2. The third-order valence-electron chi connectivity index (χ3n) is 3.43.